The van der Waals surface area contributed by atoms with Gasteiger partial charge in [-0.2, -0.15) is 0 Å². The molecule has 1 N–H and O–H groups in total. The molecule has 0 radical (unpaired) electrons. The number of rotatable bonds is 2. The summed E-state index contributed by atoms with van der Waals surface area (Å²) in [4.78, 5) is 10.7. The molecule has 0 amide bonds. The largest absolute Gasteiger partial charge is 0.396 e. The fraction of sp³-hybridized carbons (Fsp3) is 0.833. The van der Waals surface area contributed by atoms with Crippen molar-refractivity contribution in [3.05, 3.63) is 0 Å². The molecular weight excluding hydrogens is 175 g/mol. The van der Waals surface area contributed by atoms with E-state index in [-0.39, 0.29) is 18.3 Å². The number of hydrogen-bond donors (Lipinski definition) is 1. The summed E-state index contributed by atoms with van der Waals surface area (Å²) in [5.74, 6) is -0.178. The van der Waals surface area contributed by atoms with Gasteiger partial charge in [-0.05, 0) is 6.42 Å². The molecule has 1 fully saturated rings. The molecule has 0 saturated heterocycles. The topological polar surface area (TPSA) is 37.3 Å². The first-order valence-electron chi connectivity index (χ1n) is 3.11. The van der Waals surface area contributed by atoms with Gasteiger partial charge in [0.2, 0.25) is 0 Å². The van der Waals surface area contributed by atoms with Crippen molar-refractivity contribution in [2.45, 2.75) is 17.2 Å². The van der Waals surface area contributed by atoms with Crippen LogP contribution in [0.3, 0.4) is 0 Å². The third-order valence-electron chi connectivity index (χ3n) is 1.79. The molecule has 1 rings (SSSR count). The molecule has 0 spiro atoms. The van der Waals surface area contributed by atoms with E-state index in [2.05, 4.69) is 0 Å². The molecule has 1 atom stereocenters. The first kappa shape index (κ1) is 8.31. The molecule has 0 bridgehead atoms. The van der Waals surface area contributed by atoms with E-state index in [9.17, 15) is 4.79 Å². The van der Waals surface area contributed by atoms with Gasteiger partial charge in [0.05, 0.1) is 0 Å². The summed E-state index contributed by atoms with van der Waals surface area (Å²) in [6.45, 7) is 0.0408. The second kappa shape index (κ2) is 2.68. The molecule has 1 aliphatic carbocycles. The average molecular weight is 183 g/mol. The fourth-order valence-corrected chi connectivity index (χ4v) is 1.55. The number of hydrogen-bond acceptors (Lipinski definition) is 2. The Kier molecular flexibility index (Phi) is 2.23. The van der Waals surface area contributed by atoms with E-state index >= 15 is 0 Å². The number of alkyl halides is 2. The summed E-state index contributed by atoms with van der Waals surface area (Å²) >= 11 is 11.2. The quantitative estimate of drug-likeness (QED) is 0.651. The monoisotopic (exact) mass is 182 g/mol. The van der Waals surface area contributed by atoms with Crippen LogP contribution in [-0.2, 0) is 4.79 Å². The Morgan fingerprint density at radius 3 is 2.60 bits per heavy atom. The summed E-state index contributed by atoms with van der Waals surface area (Å²) in [7, 11) is 0. The minimum Gasteiger partial charge on any atom is -0.396 e. The molecule has 1 saturated carbocycles. The van der Waals surface area contributed by atoms with E-state index in [4.69, 9.17) is 28.3 Å². The van der Waals surface area contributed by atoms with E-state index < -0.39 is 4.33 Å². The van der Waals surface area contributed by atoms with Crippen LogP contribution in [0.2, 0.25) is 0 Å². The molecule has 10 heavy (non-hydrogen) atoms. The van der Waals surface area contributed by atoms with Crippen LogP contribution in [0.15, 0.2) is 0 Å². The SMILES string of the molecule is O=C1C[C@@H](CCO)C1(Cl)Cl. The van der Waals surface area contributed by atoms with Crippen molar-refractivity contribution in [2.75, 3.05) is 6.61 Å². The molecule has 0 heterocycles. The number of halogens is 2. The number of aliphatic hydroxyl groups is 1. The van der Waals surface area contributed by atoms with Crippen LogP contribution in [0, 0.1) is 5.92 Å². The van der Waals surface area contributed by atoms with Gasteiger partial charge in [-0.3, -0.25) is 4.79 Å². The first-order chi connectivity index (χ1) is 4.59. The third kappa shape index (κ3) is 1.16. The zero-order valence-corrected chi connectivity index (χ0v) is 6.82. The second-order valence-electron chi connectivity index (χ2n) is 2.46. The molecule has 2 nitrogen and oxygen atoms in total. The molecule has 58 valence electrons. The van der Waals surface area contributed by atoms with Crippen molar-refractivity contribution in [3.63, 3.8) is 0 Å². The number of carbonyl (C=O) groups excluding carboxylic acids is 1. The van der Waals surface area contributed by atoms with Crippen molar-refractivity contribution in [1.29, 1.82) is 0 Å². The Morgan fingerprint density at radius 2 is 2.30 bits per heavy atom. The van der Waals surface area contributed by atoms with E-state index in [1.165, 1.54) is 0 Å². The summed E-state index contributed by atoms with van der Waals surface area (Å²) in [6.07, 6.45) is 0.923. The van der Waals surface area contributed by atoms with Crippen LogP contribution in [0.1, 0.15) is 12.8 Å². The first-order valence-corrected chi connectivity index (χ1v) is 3.86. The Hall–Kier alpha value is 0.210. The van der Waals surface area contributed by atoms with Gasteiger partial charge in [0.15, 0.2) is 10.1 Å². The Balaban J connectivity index is 2.46. The van der Waals surface area contributed by atoms with Crippen molar-refractivity contribution < 1.29 is 9.90 Å². The molecule has 0 unspecified atom stereocenters. The Bertz CT molecular complexity index is 156. The van der Waals surface area contributed by atoms with Gasteiger partial charge >= 0.3 is 0 Å². The number of aliphatic hydroxyl groups excluding tert-OH is 1. The van der Waals surface area contributed by atoms with E-state index in [0.29, 0.717) is 12.8 Å². The van der Waals surface area contributed by atoms with Crippen molar-refractivity contribution >= 4 is 29.0 Å². The maximum absolute atomic E-state index is 10.7. The van der Waals surface area contributed by atoms with Gasteiger partial charge in [0, 0.05) is 18.9 Å². The number of carbonyl (C=O) groups is 1. The second-order valence-corrected chi connectivity index (χ2v) is 3.85. The summed E-state index contributed by atoms with van der Waals surface area (Å²) in [5.41, 5.74) is 0. The molecule has 0 aliphatic heterocycles. The lowest BCUT2D eigenvalue weighted by atomic mass is 9.80. The highest BCUT2D eigenvalue weighted by molar-refractivity contribution is 6.60. The normalized spacial score (nSPS) is 29.9. The Morgan fingerprint density at radius 1 is 1.70 bits per heavy atom. The minimum absolute atomic E-state index is 0.0408. The van der Waals surface area contributed by atoms with Gasteiger partial charge < -0.3 is 5.11 Å². The third-order valence-corrected chi connectivity index (χ3v) is 2.83. The summed E-state index contributed by atoms with van der Waals surface area (Å²) in [5, 5.41) is 8.49. The maximum Gasteiger partial charge on any atom is 0.179 e. The molecule has 0 aromatic carbocycles. The highest BCUT2D eigenvalue weighted by atomic mass is 35.5. The van der Waals surface area contributed by atoms with Gasteiger partial charge in [-0.1, -0.05) is 23.2 Å². The van der Waals surface area contributed by atoms with Crippen LogP contribution < -0.4 is 0 Å². The Labute approximate surface area is 69.1 Å². The van der Waals surface area contributed by atoms with Crippen LogP contribution in [0.4, 0.5) is 0 Å². The van der Waals surface area contributed by atoms with Gasteiger partial charge in [-0.25, -0.2) is 0 Å². The lowest BCUT2D eigenvalue weighted by Gasteiger charge is -2.37. The van der Waals surface area contributed by atoms with Crippen molar-refractivity contribution in [2.24, 2.45) is 5.92 Å². The van der Waals surface area contributed by atoms with Crippen molar-refractivity contribution in [3.8, 4) is 0 Å². The van der Waals surface area contributed by atoms with E-state index in [1.54, 1.807) is 0 Å². The predicted octanol–water partition coefficient (Wildman–Crippen LogP) is 1.13. The highest BCUT2D eigenvalue weighted by Crippen LogP contribution is 2.45. The van der Waals surface area contributed by atoms with E-state index in [0.717, 1.165) is 0 Å². The minimum atomic E-state index is -1.21. The van der Waals surface area contributed by atoms with Crippen LogP contribution in [-0.4, -0.2) is 21.8 Å². The van der Waals surface area contributed by atoms with Gasteiger partial charge in [0.25, 0.3) is 0 Å². The number of Topliss-reactive ketones (excluding diaryl/α,β-unsaturated/α-hetero) is 1. The molecule has 4 heteroatoms. The summed E-state index contributed by atoms with van der Waals surface area (Å²) in [6, 6.07) is 0. The zero-order chi connectivity index (χ0) is 7.78. The standard InChI is InChI=1S/C6H8Cl2O2/c7-6(8)4(1-2-9)3-5(6)10/h4,9H,1-3H2/t4-/m1/s1. The lowest BCUT2D eigenvalue weighted by Crippen LogP contribution is -2.47. The number of ketones is 1. The molecular formula is C6H8Cl2O2. The van der Waals surface area contributed by atoms with Crippen LogP contribution >= 0.6 is 23.2 Å². The highest BCUT2D eigenvalue weighted by Gasteiger charge is 2.51. The van der Waals surface area contributed by atoms with Crippen molar-refractivity contribution in [1.82, 2.24) is 0 Å². The fourth-order valence-electron chi connectivity index (χ4n) is 1.02. The smallest absolute Gasteiger partial charge is 0.179 e. The van der Waals surface area contributed by atoms with Crippen LogP contribution in [0.5, 0.6) is 0 Å². The predicted molar refractivity (Wildman–Crippen MR) is 39.3 cm³/mol. The molecule has 0 aromatic heterocycles. The van der Waals surface area contributed by atoms with Crippen LogP contribution in [0.25, 0.3) is 0 Å². The van der Waals surface area contributed by atoms with Gasteiger partial charge in [-0.15, -0.1) is 0 Å². The average Bonchev–Trinajstić information content (AvgIpc) is 1.88. The zero-order valence-electron chi connectivity index (χ0n) is 5.31. The summed E-state index contributed by atoms with van der Waals surface area (Å²) < 4.78 is -1.21. The van der Waals surface area contributed by atoms with E-state index in [1.807, 2.05) is 0 Å². The maximum atomic E-state index is 10.7. The lowest BCUT2D eigenvalue weighted by molar-refractivity contribution is -0.128. The van der Waals surface area contributed by atoms with Gasteiger partial charge in [0.1, 0.15) is 0 Å². The molecule has 0 aromatic rings. The molecule has 1 aliphatic rings.